The first kappa shape index (κ1) is 21.1. The van der Waals surface area contributed by atoms with Crippen LogP contribution in [0.1, 0.15) is 33.9 Å². The number of benzene rings is 1. The summed E-state index contributed by atoms with van der Waals surface area (Å²) in [5.41, 5.74) is 3.43. The lowest BCUT2D eigenvalue weighted by Gasteiger charge is -2.18. The Kier molecular flexibility index (Phi) is 6.36. The van der Waals surface area contributed by atoms with Crippen LogP contribution in [0.25, 0.3) is 0 Å². The van der Waals surface area contributed by atoms with Crippen LogP contribution in [0, 0.1) is 0 Å². The summed E-state index contributed by atoms with van der Waals surface area (Å²) in [6, 6.07) is 9.16. The zero-order valence-electron chi connectivity index (χ0n) is 17.6. The van der Waals surface area contributed by atoms with E-state index in [2.05, 4.69) is 20.3 Å². The fourth-order valence-corrected chi connectivity index (χ4v) is 4.65. The van der Waals surface area contributed by atoms with Crippen molar-refractivity contribution < 1.29 is 9.59 Å². The second kappa shape index (κ2) is 9.34. The van der Waals surface area contributed by atoms with E-state index in [0.717, 1.165) is 34.9 Å². The molecule has 162 valence electrons. The molecule has 1 amide bonds. The average Bonchev–Trinajstić information content (AvgIpc) is 3.47. The van der Waals surface area contributed by atoms with Gasteiger partial charge < -0.3 is 15.0 Å². The molecule has 3 heterocycles. The lowest BCUT2D eigenvalue weighted by molar-refractivity contribution is -0.109. The number of carbonyl (C=O) groups excluding carboxylic acids is 2. The van der Waals surface area contributed by atoms with E-state index >= 15 is 0 Å². The highest BCUT2D eigenvalue weighted by Crippen LogP contribution is 2.35. The normalized spacial score (nSPS) is 13.6. The topological polar surface area (TPSA) is 97.9 Å². The summed E-state index contributed by atoms with van der Waals surface area (Å²) >= 11 is 1.86. The molecular formula is C21H25N7O2S. The van der Waals surface area contributed by atoms with Crippen molar-refractivity contribution in [3.63, 3.8) is 0 Å². The molecule has 1 aliphatic heterocycles. The fraction of sp³-hybridized carbons (Fsp3) is 0.381. The molecule has 0 spiro atoms. The maximum Gasteiger partial charge on any atom is 0.291 e. The fourth-order valence-electron chi connectivity index (χ4n) is 3.62. The Bertz CT molecular complexity index is 1060. The Balaban J connectivity index is 1.36. The van der Waals surface area contributed by atoms with Gasteiger partial charge in [-0.25, -0.2) is 14.3 Å². The summed E-state index contributed by atoms with van der Waals surface area (Å²) < 4.78 is 3.53. The number of hydrogen-bond donors (Lipinski definition) is 1. The van der Waals surface area contributed by atoms with Crippen molar-refractivity contribution in [3.05, 3.63) is 59.3 Å². The first-order valence-electron chi connectivity index (χ1n) is 10.1. The van der Waals surface area contributed by atoms with Crippen LogP contribution >= 0.6 is 11.8 Å². The Hall–Kier alpha value is -3.14. The quantitative estimate of drug-likeness (QED) is 0.507. The number of fused-ring (bicyclic) bond motifs is 1. The van der Waals surface area contributed by atoms with Gasteiger partial charge in [0, 0.05) is 37.7 Å². The summed E-state index contributed by atoms with van der Waals surface area (Å²) in [5.74, 6) is 2.52. The van der Waals surface area contributed by atoms with Crippen LogP contribution in [-0.4, -0.2) is 56.9 Å². The smallest absolute Gasteiger partial charge is 0.291 e. The van der Waals surface area contributed by atoms with Gasteiger partial charge in [0.05, 0.1) is 18.3 Å². The monoisotopic (exact) mass is 439 g/mol. The molecule has 1 N–H and O–H groups in total. The largest absolute Gasteiger partial charge is 0.363 e. The van der Waals surface area contributed by atoms with Crippen molar-refractivity contribution in [2.45, 2.75) is 37.1 Å². The first-order chi connectivity index (χ1) is 15.0. The molecule has 9 nitrogen and oxygen atoms in total. The third-order valence-corrected chi connectivity index (χ3v) is 6.04. The zero-order chi connectivity index (χ0) is 21.8. The van der Waals surface area contributed by atoms with Gasteiger partial charge >= 0.3 is 0 Å². The molecule has 0 bridgehead atoms. The highest BCUT2D eigenvalue weighted by atomic mass is 32.2. The number of aldehydes is 1. The summed E-state index contributed by atoms with van der Waals surface area (Å²) in [5, 5.41) is 11.7. The minimum atomic E-state index is -0.642. The molecule has 0 aliphatic carbocycles. The van der Waals surface area contributed by atoms with Gasteiger partial charge in [-0.2, -0.15) is 16.9 Å². The molecule has 0 radical (unpaired) electrons. The van der Waals surface area contributed by atoms with Crippen LogP contribution in [0.5, 0.6) is 0 Å². The van der Waals surface area contributed by atoms with Gasteiger partial charge in [0.15, 0.2) is 0 Å². The first-order valence-corrected chi connectivity index (χ1v) is 11.2. The number of nitrogens with zero attached hydrogens (tertiary/aromatic N) is 6. The highest BCUT2D eigenvalue weighted by Gasteiger charge is 2.24. The van der Waals surface area contributed by atoms with Gasteiger partial charge in [-0.15, -0.1) is 5.10 Å². The molecule has 31 heavy (non-hydrogen) atoms. The molecule has 3 aromatic rings. The number of hydrogen-bond acceptors (Lipinski definition) is 7. The lowest BCUT2D eigenvalue weighted by Crippen LogP contribution is -2.37. The number of carbonyl (C=O) groups is 2. The molecule has 0 fully saturated rings. The zero-order valence-corrected chi connectivity index (χ0v) is 18.4. The minimum absolute atomic E-state index is 0.0480. The van der Waals surface area contributed by atoms with Crippen LogP contribution in [0.4, 0.5) is 5.82 Å². The average molecular weight is 440 g/mol. The second-order valence-electron chi connectivity index (χ2n) is 7.62. The van der Waals surface area contributed by atoms with Crippen molar-refractivity contribution in [1.82, 2.24) is 29.9 Å². The van der Waals surface area contributed by atoms with Crippen LogP contribution in [0.15, 0.2) is 36.7 Å². The van der Waals surface area contributed by atoms with Crippen LogP contribution < -0.4 is 10.2 Å². The van der Waals surface area contributed by atoms with Crippen LogP contribution in [0.3, 0.4) is 0 Å². The minimum Gasteiger partial charge on any atom is -0.363 e. The molecular weight excluding hydrogens is 414 g/mol. The molecule has 4 rings (SSSR count). The van der Waals surface area contributed by atoms with Crippen LogP contribution in [-0.2, 0) is 29.4 Å². The molecule has 1 atom stereocenters. The van der Waals surface area contributed by atoms with E-state index in [-0.39, 0.29) is 5.82 Å². The summed E-state index contributed by atoms with van der Waals surface area (Å²) in [6.07, 6.45) is 2.71. The SMILES string of the molecule is CN(C)c1c2c(nn1CCC(C=O)NC(=O)c1ncn(Cc3ccccc3)n1)CSC2. The highest BCUT2D eigenvalue weighted by molar-refractivity contribution is 7.98. The number of thioether (sulfide) groups is 1. The Morgan fingerprint density at radius 1 is 1.26 bits per heavy atom. The van der Waals surface area contributed by atoms with E-state index < -0.39 is 11.9 Å². The lowest BCUT2D eigenvalue weighted by atomic mass is 10.2. The van der Waals surface area contributed by atoms with Crippen molar-refractivity contribution in [1.29, 1.82) is 0 Å². The third kappa shape index (κ3) is 4.79. The molecule has 10 heteroatoms. The Morgan fingerprint density at radius 3 is 2.81 bits per heavy atom. The van der Waals surface area contributed by atoms with Gasteiger partial charge in [0.2, 0.25) is 5.82 Å². The summed E-state index contributed by atoms with van der Waals surface area (Å²) in [4.78, 5) is 30.3. The van der Waals surface area contributed by atoms with Crippen molar-refractivity contribution in [2.75, 3.05) is 19.0 Å². The number of anilines is 1. The standard InChI is InChI=1S/C21H25N7O2S/c1-26(2)21-17-12-31-13-18(17)24-28(21)9-8-16(11-29)23-20(30)19-22-14-27(25-19)10-15-6-4-3-5-7-15/h3-7,11,14,16H,8-10,12-13H2,1-2H3,(H,23,30). The van der Waals surface area contributed by atoms with Crippen LogP contribution in [0.2, 0.25) is 0 Å². The summed E-state index contributed by atoms with van der Waals surface area (Å²) in [7, 11) is 3.99. The van der Waals surface area contributed by atoms with Gasteiger partial charge in [0.25, 0.3) is 5.91 Å². The number of nitrogens with one attached hydrogen (secondary N) is 1. The molecule has 1 aliphatic rings. The summed E-state index contributed by atoms with van der Waals surface area (Å²) in [6.45, 7) is 1.05. The predicted molar refractivity (Wildman–Crippen MR) is 119 cm³/mol. The van der Waals surface area contributed by atoms with Gasteiger partial charge in [0.1, 0.15) is 18.4 Å². The molecule has 0 saturated heterocycles. The number of amides is 1. The van der Waals surface area contributed by atoms with Crippen molar-refractivity contribution >= 4 is 29.8 Å². The predicted octanol–water partition coefficient (Wildman–Crippen LogP) is 1.72. The Labute approximate surface area is 184 Å². The van der Waals surface area contributed by atoms with E-state index in [1.807, 2.05) is 60.9 Å². The number of aryl methyl sites for hydroxylation is 1. The molecule has 1 aromatic carbocycles. The maximum absolute atomic E-state index is 12.5. The number of rotatable bonds is 9. The third-order valence-electron chi connectivity index (χ3n) is 5.07. The second-order valence-corrected chi connectivity index (χ2v) is 8.60. The van der Waals surface area contributed by atoms with Crippen molar-refractivity contribution in [3.8, 4) is 0 Å². The Morgan fingerprint density at radius 2 is 2.06 bits per heavy atom. The van der Waals surface area contributed by atoms with E-state index in [9.17, 15) is 9.59 Å². The van der Waals surface area contributed by atoms with Crippen molar-refractivity contribution in [2.24, 2.45) is 0 Å². The molecule has 1 unspecified atom stereocenters. The van der Waals surface area contributed by atoms with E-state index in [1.165, 1.54) is 11.9 Å². The van der Waals surface area contributed by atoms with E-state index in [1.54, 1.807) is 4.68 Å². The van der Waals surface area contributed by atoms with Gasteiger partial charge in [-0.1, -0.05) is 30.3 Å². The molecule has 2 aromatic heterocycles. The van der Waals surface area contributed by atoms with E-state index in [4.69, 9.17) is 5.10 Å². The number of aromatic nitrogens is 5. The van der Waals surface area contributed by atoms with Gasteiger partial charge in [-0.3, -0.25) is 4.79 Å². The maximum atomic E-state index is 12.5. The van der Waals surface area contributed by atoms with Gasteiger partial charge in [-0.05, 0) is 12.0 Å². The van der Waals surface area contributed by atoms with E-state index in [0.29, 0.717) is 19.5 Å². The molecule has 0 saturated carbocycles.